The number of aliphatic hydroxyl groups is 5. The number of hydrogen-bond donors (Lipinski definition) is 6. The summed E-state index contributed by atoms with van der Waals surface area (Å²) in [6.07, 6.45) is -27.2. The average Bonchev–Trinajstić information content (AvgIpc) is 3.36. The largest absolute Gasteiger partial charge is 0.465 e. The van der Waals surface area contributed by atoms with Crippen molar-refractivity contribution < 1.29 is 116 Å². The van der Waals surface area contributed by atoms with Crippen molar-refractivity contribution in [2.45, 2.75) is 221 Å². The van der Waals surface area contributed by atoms with Crippen molar-refractivity contribution in [2.24, 2.45) is 27.1 Å². The van der Waals surface area contributed by atoms with Crippen molar-refractivity contribution in [3.63, 3.8) is 0 Å². The van der Waals surface area contributed by atoms with Crippen LogP contribution >= 0.6 is 0 Å². The molecule has 3 aliphatic rings. The quantitative estimate of drug-likeness (QED) is 0.0853. The number of rotatable bonds is 19. The van der Waals surface area contributed by atoms with Gasteiger partial charge < -0.3 is 87.7 Å². The van der Waals surface area contributed by atoms with E-state index in [1.165, 1.54) is 41.5 Å². The van der Waals surface area contributed by atoms with Gasteiger partial charge in [-0.15, -0.1) is 0 Å². The molecule has 460 valence electrons. The average molecular weight is 1160 g/mol. The van der Waals surface area contributed by atoms with E-state index >= 15 is 0 Å². The van der Waals surface area contributed by atoms with Gasteiger partial charge >= 0.3 is 35.8 Å². The molecule has 0 radical (unpaired) electrons. The maximum absolute atomic E-state index is 14.3. The minimum atomic E-state index is -2.78. The van der Waals surface area contributed by atoms with Gasteiger partial charge in [0.05, 0.1) is 66.2 Å². The number of nitrogens with one attached hydrogen (secondary N) is 1. The molecular formula is C56H87NO24. The molecule has 0 spiro atoms. The Morgan fingerprint density at radius 1 is 0.642 bits per heavy atom. The van der Waals surface area contributed by atoms with Crippen LogP contribution in [0.4, 0.5) is 0 Å². The summed E-state index contributed by atoms with van der Waals surface area (Å²) in [5.74, 6) is -9.17. The van der Waals surface area contributed by atoms with E-state index in [-0.39, 0.29) is 6.61 Å². The van der Waals surface area contributed by atoms with Crippen LogP contribution in [0.15, 0.2) is 30.3 Å². The first kappa shape index (κ1) is 68.6. The highest BCUT2D eigenvalue weighted by molar-refractivity contribution is 5.79. The zero-order valence-electron chi connectivity index (χ0n) is 49.6. The highest BCUT2D eigenvalue weighted by atomic mass is 16.8. The summed E-state index contributed by atoms with van der Waals surface area (Å²) in [4.78, 5) is 96.3. The number of methoxy groups -OCH3 is 1. The Hall–Kier alpha value is -4.93. The Morgan fingerprint density at radius 3 is 1.58 bits per heavy atom. The summed E-state index contributed by atoms with van der Waals surface area (Å²) in [5, 5.41) is 57.9. The van der Waals surface area contributed by atoms with Crippen molar-refractivity contribution >= 4 is 41.7 Å². The summed E-state index contributed by atoms with van der Waals surface area (Å²) in [5.41, 5.74) is -5.53. The van der Waals surface area contributed by atoms with Crippen LogP contribution < -0.4 is 5.32 Å². The van der Waals surface area contributed by atoms with Crippen LogP contribution in [0.5, 0.6) is 0 Å². The van der Waals surface area contributed by atoms with Gasteiger partial charge in [0.25, 0.3) is 5.79 Å². The van der Waals surface area contributed by atoms with Crippen LogP contribution in [0.3, 0.4) is 0 Å². The van der Waals surface area contributed by atoms with Crippen LogP contribution in [0.2, 0.25) is 0 Å². The molecule has 0 unspecified atom stereocenters. The number of esters is 6. The van der Waals surface area contributed by atoms with Crippen molar-refractivity contribution in [3.8, 4) is 0 Å². The summed E-state index contributed by atoms with van der Waals surface area (Å²) in [6.45, 7) is 21.3. The molecule has 1 amide bonds. The van der Waals surface area contributed by atoms with Gasteiger partial charge in [0.15, 0.2) is 37.0 Å². The van der Waals surface area contributed by atoms with Crippen LogP contribution in [-0.4, -0.2) is 192 Å². The monoisotopic (exact) mass is 1160 g/mol. The maximum atomic E-state index is 14.3. The van der Waals surface area contributed by atoms with E-state index in [1.807, 2.05) is 0 Å². The second kappa shape index (κ2) is 27.2. The standard InChI is InChI=1S/C56H87NO24/c1-28(59)57-34-30(60)23-56(50(69)70-17,81-38(34)35(62)31(61)24-58)73-27-32-36(63)39(77-46(65)52(5,6)7)41(79-48(67)54(11,12)13)44(74-32)76-37-33(26-72-45(64)51(2,3)4)75-43(71-25-29-21-19-18-20-22-29)42(80-49(68)55(14,15)16)40(37)78-47(66)53(8,9)10/h18-22,30-44,58,60-63H,23-27H2,1-17H3,(H,57,59)/t30-,31+,32+,33+,34+,35+,36-,37+,38+,39-,40-,41+,42+,43+,44-,56+/m0/s1. The summed E-state index contributed by atoms with van der Waals surface area (Å²) >= 11 is 0. The molecule has 0 saturated carbocycles. The number of benzene rings is 1. The zero-order valence-corrected chi connectivity index (χ0v) is 49.6. The maximum Gasteiger partial charge on any atom is 0.366 e. The molecule has 81 heavy (non-hydrogen) atoms. The zero-order chi connectivity index (χ0) is 61.5. The highest BCUT2D eigenvalue weighted by Gasteiger charge is 2.61. The fraction of sp³-hybridized carbons (Fsp3) is 0.768. The van der Waals surface area contributed by atoms with Crippen LogP contribution in [0, 0.1) is 27.1 Å². The lowest BCUT2D eigenvalue weighted by Crippen LogP contribution is -2.69. The smallest absolute Gasteiger partial charge is 0.366 e. The fourth-order valence-electron chi connectivity index (χ4n) is 8.09. The van der Waals surface area contributed by atoms with Crippen LogP contribution in [0.1, 0.15) is 123 Å². The molecule has 16 atom stereocenters. The third-order valence-electron chi connectivity index (χ3n) is 13.0. The first-order valence-electron chi connectivity index (χ1n) is 26.8. The topological polar surface area (TPSA) is 343 Å². The molecule has 3 saturated heterocycles. The molecule has 6 N–H and O–H groups in total. The van der Waals surface area contributed by atoms with E-state index in [9.17, 15) is 59.1 Å². The van der Waals surface area contributed by atoms with E-state index in [4.69, 9.17) is 56.8 Å². The number of carbonyl (C=O) groups excluding carboxylic acids is 7. The Labute approximate surface area is 473 Å². The molecule has 25 nitrogen and oxygen atoms in total. The summed E-state index contributed by atoms with van der Waals surface area (Å²) in [7, 11) is 0.927. The van der Waals surface area contributed by atoms with E-state index < -0.39 is 193 Å². The Kier molecular flexibility index (Phi) is 23.0. The first-order chi connectivity index (χ1) is 37.2. The number of ether oxygens (including phenoxy) is 12. The molecule has 1 aromatic rings. The molecule has 0 aromatic heterocycles. The van der Waals surface area contributed by atoms with E-state index in [0.29, 0.717) is 5.56 Å². The Balaban J connectivity index is 2.02. The van der Waals surface area contributed by atoms with Gasteiger partial charge in [-0.25, -0.2) is 4.79 Å². The van der Waals surface area contributed by atoms with Gasteiger partial charge in [0.1, 0.15) is 49.3 Å². The number of hydrogen-bond acceptors (Lipinski definition) is 24. The molecule has 4 rings (SSSR count). The van der Waals surface area contributed by atoms with Crippen molar-refractivity contribution in [3.05, 3.63) is 35.9 Å². The Morgan fingerprint density at radius 2 is 1.11 bits per heavy atom. The number of aliphatic hydroxyl groups excluding tert-OH is 5. The predicted molar refractivity (Wildman–Crippen MR) is 280 cm³/mol. The SMILES string of the molecule is COC(=O)[C@@]1(OC[C@H]2O[C@@H](O[C@H]3[C@H](OC(=O)C(C)(C)C)[C@@H](OC(=O)C(C)(C)C)[C@H](OCc4ccccc4)O[C@@H]3COC(=O)C(C)(C)C)[C@H](OC(=O)C(C)(C)C)[C@@H](OC(=O)C(C)(C)C)[C@H]2O)C[C@H](O)[C@@H](NC(C)=O)[C@H]([C@H](O)[C@H](O)CO)O1. The molecule has 3 aliphatic heterocycles. The van der Waals surface area contributed by atoms with Crippen molar-refractivity contribution in [2.75, 3.05) is 26.9 Å². The normalized spacial score (nSPS) is 30.2. The molecular weight excluding hydrogens is 1070 g/mol. The molecule has 1 aromatic carbocycles. The lowest BCUT2D eigenvalue weighted by atomic mass is 9.88. The van der Waals surface area contributed by atoms with Crippen LogP contribution in [0.25, 0.3) is 0 Å². The van der Waals surface area contributed by atoms with E-state index in [1.54, 1.807) is 92.6 Å². The van der Waals surface area contributed by atoms with Crippen molar-refractivity contribution in [1.82, 2.24) is 5.32 Å². The fourth-order valence-corrected chi connectivity index (χ4v) is 8.09. The predicted octanol–water partition coefficient (Wildman–Crippen LogP) is 2.07. The second-order valence-electron chi connectivity index (χ2n) is 25.7. The third kappa shape index (κ3) is 18.0. The van der Waals surface area contributed by atoms with Gasteiger partial charge in [-0.3, -0.25) is 28.8 Å². The molecule has 3 fully saturated rings. The number of carbonyl (C=O) groups is 7. The molecule has 0 aliphatic carbocycles. The molecule has 0 bridgehead atoms. The number of amides is 1. The van der Waals surface area contributed by atoms with Crippen molar-refractivity contribution in [1.29, 1.82) is 0 Å². The first-order valence-corrected chi connectivity index (χ1v) is 26.8. The Bertz CT molecular complexity index is 2310. The van der Waals surface area contributed by atoms with Crippen LogP contribution in [-0.2, 0) is 97.0 Å². The molecule has 3 heterocycles. The van der Waals surface area contributed by atoms with Gasteiger partial charge in [-0.2, -0.15) is 0 Å². The van der Waals surface area contributed by atoms with Gasteiger partial charge in [-0.05, 0) is 109 Å². The molecule has 25 heteroatoms. The summed E-state index contributed by atoms with van der Waals surface area (Å²) in [6, 6.07) is 7.28. The minimum Gasteiger partial charge on any atom is -0.465 e. The highest BCUT2D eigenvalue weighted by Crippen LogP contribution is 2.40. The van der Waals surface area contributed by atoms with E-state index in [0.717, 1.165) is 14.0 Å². The minimum absolute atomic E-state index is 0.157. The third-order valence-corrected chi connectivity index (χ3v) is 13.0. The van der Waals surface area contributed by atoms with Gasteiger partial charge in [0.2, 0.25) is 5.91 Å². The lowest BCUT2D eigenvalue weighted by molar-refractivity contribution is -0.370. The summed E-state index contributed by atoms with van der Waals surface area (Å²) < 4.78 is 74.0. The van der Waals surface area contributed by atoms with Gasteiger partial charge in [-0.1, -0.05) is 30.3 Å². The van der Waals surface area contributed by atoms with E-state index in [2.05, 4.69) is 5.32 Å². The second-order valence-corrected chi connectivity index (χ2v) is 25.7. The van der Waals surface area contributed by atoms with Gasteiger partial charge in [0, 0.05) is 13.3 Å². The lowest BCUT2D eigenvalue weighted by Gasteiger charge is -2.50.